The van der Waals surface area contributed by atoms with Crippen LogP contribution < -0.4 is 15.5 Å². The lowest BCUT2D eigenvalue weighted by molar-refractivity contribution is 0.0952. The fourth-order valence-corrected chi connectivity index (χ4v) is 3.23. The van der Waals surface area contributed by atoms with Crippen LogP contribution in [0.3, 0.4) is 0 Å². The zero-order chi connectivity index (χ0) is 20.8. The highest BCUT2D eigenvalue weighted by Crippen LogP contribution is 2.23. The second-order valence-corrected chi connectivity index (χ2v) is 7.56. The smallest absolute Gasteiger partial charge is 0.251 e. The van der Waals surface area contributed by atoms with Crippen LogP contribution in [0, 0.1) is 0 Å². The monoisotopic (exact) mass is 413 g/mol. The van der Waals surface area contributed by atoms with Gasteiger partial charge in [-0.1, -0.05) is 24.8 Å². The van der Waals surface area contributed by atoms with Gasteiger partial charge in [0.15, 0.2) is 10.8 Å². The van der Waals surface area contributed by atoms with Gasteiger partial charge in [0, 0.05) is 38.4 Å². The Labute approximate surface area is 175 Å². The van der Waals surface area contributed by atoms with Crippen LogP contribution in [0.5, 0.6) is 0 Å². The predicted molar refractivity (Wildman–Crippen MR) is 119 cm³/mol. The van der Waals surface area contributed by atoms with E-state index in [1.807, 2.05) is 54.2 Å². The van der Waals surface area contributed by atoms with Crippen LogP contribution in [0.2, 0.25) is 0 Å². The van der Waals surface area contributed by atoms with E-state index < -0.39 is 0 Å². The summed E-state index contributed by atoms with van der Waals surface area (Å²) < 4.78 is 1.81. The molecular formula is C20H27N7OS. The molecule has 1 aromatic carbocycles. The predicted octanol–water partition coefficient (Wildman–Crippen LogP) is 2.87. The van der Waals surface area contributed by atoms with Gasteiger partial charge in [0.2, 0.25) is 0 Å². The Morgan fingerprint density at radius 3 is 2.79 bits per heavy atom. The number of thioether (sulfide) groups is 1. The minimum atomic E-state index is -0.102. The molecule has 2 N–H and O–H groups in total. The van der Waals surface area contributed by atoms with Gasteiger partial charge in [0.1, 0.15) is 5.82 Å². The van der Waals surface area contributed by atoms with Crippen molar-refractivity contribution in [2.75, 3.05) is 43.7 Å². The summed E-state index contributed by atoms with van der Waals surface area (Å²) in [6.07, 6.45) is 4.74. The first kappa shape index (κ1) is 20.9. The van der Waals surface area contributed by atoms with E-state index in [9.17, 15) is 4.79 Å². The van der Waals surface area contributed by atoms with Crippen molar-refractivity contribution in [1.29, 1.82) is 0 Å². The van der Waals surface area contributed by atoms with Gasteiger partial charge < -0.3 is 15.5 Å². The summed E-state index contributed by atoms with van der Waals surface area (Å²) in [4.78, 5) is 23.6. The van der Waals surface area contributed by atoms with Gasteiger partial charge in [0.05, 0.1) is 18.1 Å². The highest BCUT2D eigenvalue weighted by Gasteiger charge is 2.13. The first-order chi connectivity index (χ1) is 14.0. The molecular weight excluding hydrogens is 386 g/mol. The fraction of sp³-hybridized carbons (Fsp3) is 0.400. The van der Waals surface area contributed by atoms with Crippen molar-refractivity contribution in [3.63, 3.8) is 0 Å². The Morgan fingerprint density at radius 2 is 2.07 bits per heavy atom. The zero-order valence-electron chi connectivity index (χ0n) is 17.3. The van der Waals surface area contributed by atoms with E-state index in [0.717, 1.165) is 35.5 Å². The molecule has 0 aliphatic heterocycles. The van der Waals surface area contributed by atoms with E-state index in [2.05, 4.69) is 32.6 Å². The molecule has 3 rings (SSSR count). The summed E-state index contributed by atoms with van der Waals surface area (Å²) in [7, 11) is 3.91. The SMILES string of the molecule is CCCNc1nc(SC)nc2c1cnn2CCNC(=O)c1cccc(N(C)C)c1. The lowest BCUT2D eigenvalue weighted by atomic mass is 10.2. The molecule has 0 fully saturated rings. The third-order valence-corrected chi connectivity index (χ3v) is 4.98. The molecule has 8 nitrogen and oxygen atoms in total. The molecule has 0 radical (unpaired) electrons. The van der Waals surface area contributed by atoms with Crippen molar-refractivity contribution in [2.45, 2.75) is 25.0 Å². The van der Waals surface area contributed by atoms with Crippen LogP contribution in [-0.4, -0.2) is 59.1 Å². The number of anilines is 2. The number of nitrogens with one attached hydrogen (secondary N) is 2. The average Bonchev–Trinajstić information content (AvgIpc) is 3.14. The molecule has 0 atom stereocenters. The molecule has 3 aromatic rings. The van der Waals surface area contributed by atoms with Gasteiger partial charge in [-0.2, -0.15) is 5.10 Å². The zero-order valence-corrected chi connectivity index (χ0v) is 18.1. The standard InChI is InChI=1S/C20H27N7OS/c1-5-9-21-17-16-13-23-27(18(16)25-20(24-17)29-4)11-10-22-19(28)14-7-6-8-15(12-14)26(2)3/h6-8,12-13H,5,9-11H2,1-4H3,(H,22,28)(H,21,24,25). The second kappa shape index (κ2) is 9.60. The number of aromatic nitrogens is 4. The van der Waals surface area contributed by atoms with E-state index in [-0.39, 0.29) is 5.91 Å². The molecule has 0 saturated heterocycles. The number of benzene rings is 1. The number of carbonyl (C=O) groups excluding carboxylic acids is 1. The molecule has 2 heterocycles. The molecule has 0 unspecified atom stereocenters. The molecule has 29 heavy (non-hydrogen) atoms. The van der Waals surface area contributed by atoms with Gasteiger partial charge in [-0.05, 0) is 30.9 Å². The van der Waals surface area contributed by atoms with Crippen LogP contribution in [0.15, 0.2) is 35.6 Å². The quantitative estimate of drug-likeness (QED) is 0.412. The van der Waals surface area contributed by atoms with Gasteiger partial charge in [-0.15, -0.1) is 0 Å². The first-order valence-corrected chi connectivity index (χ1v) is 10.8. The van der Waals surface area contributed by atoms with Crippen LogP contribution in [-0.2, 0) is 6.54 Å². The highest BCUT2D eigenvalue weighted by molar-refractivity contribution is 7.98. The van der Waals surface area contributed by atoms with Crippen LogP contribution >= 0.6 is 11.8 Å². The molecule has 0 saturated carbocycles. The first-order valence-electron chi connectivity index (χ1n) is 9.60. The maximum atomic E-state index is 12.5. The van der Waals surface area contributed by atoms with Crippen molar-refractivity contribution < 1.29 is 4.79 Å². The van der Waals surface area contributed by atoms with E-state index in [0.29, 0.717) is 23.8 Å². The van der Waals surface area contributed by atoms with Gasteiger partial charge in [-0.25, -0.2) is 14.6 Å². The highest BCUT2D eigenvalue weighted by atomic mass is 32.2. The van der Waals surface area contributed by atoms with Crippen molar-refractivity contribution in [1.82, 2.24) is 25.1 Å². The summed E-state index contributed by atoms with van der Waals surface area (Å²) in [5.41, 5.74) is 2.40. The Morgan fingerprint density at radius 1 is 1.24 bits per heavy atom. The van der Waals surface area contributed by atoms with Crippen molar-refractivity contribution in [3.8, 4) is 0 Å². The molecule has 0 spiro atoms. The van der Waals surface area contributed by atoms with Crippen LogP contribution in [0.25, 0.3) is 11.0 Å². The fourth-order valence-electron chi connectivity index (χ4n) is 2.87. The van der Waals surface area contributed by atoms with Crippen molar-refractivity contribution in [3.05, 3.63) is 36.0 Å². The normalized spacial score (nSPS) is 10.9. The lowest BCUT2D eigenvalue weighted by Gasteiger charge is -2.13. The van der Waals surface area contributed by atoms with E-state index in [1.54, 1.807) is 6.20 Å². The molecule has 0 bridgehead atoms. The minimum absolute atomic E-state index is 0.102. The Bertz CT molecular complexity index is 986. The molecule has 9 heteroatoms. The number of nitrogens with zero attached hydrogens (tertiary/aromatic N) is 5. The number of carbonyl (C=O) groups is 1. The summed E-state index contributed by atoms with van der Waals surface area (Å²) in [5.74, 6) is 0.701. The molecule has 0 aliphatic rings. The average molecular weight is 414 g/mol. The molecule has 0 aliphatic carbocycles. The van der Waals surface area contributed by atoms with Gasteiger partial charge in [0.25, 0.3) is 5.91 Å². The number of rotatable bonds is 9. The number of fused-ring (bicyclic) bond motifs is 1. The van der Waals surface area contributed by atoms with Gasteiger partial charge >= 0.3 is 0 Å². The summed E-state index contributed by atoms with van der Waals surface area (Å²) >= 11 is 1.50. The topological polar surface area (TPSA) is 88.0 Å². The third-order valence-electron chi connectivity index (χ3n) is 4.43. The Hall–Kier alpha value is -2.81. The number of hydrogen-bond acceptors (Lipinski definition) is 7. The molecule has 2 aromatic heterocycles. The summed E-state index contributed by atoms with van der Waals surface area (Å²) in [6, 6.07) is 7.55. The largest absolute Gasteiger partial charge is 0.378 e. The van der Waals surface area contributed by atoms with Crippen molar-refractivity contribution in [2.24, 2.45) is 0 Å². The van der Waals surface area contributed by atoms with E-state index >= 15 is 0 Å². The van der Waals surface area contributed by atoms with E-state index in [4.69, 9.17) is 0 Å². The maximum Gasteiger partial charge on any atom is 0.251 e. The van der Waals surface area contributed by atoms with Crippen molar-refractivity contribution >= 4 is 40.2 Å². The molecule has 1 amide bonds. The number of amides is 1. The molecule has 154 valence electrons. The lowest BCUT2D eigenvalue weighted by Crippen LogP contribution is -2.27. The second-order valence-electron chi connectivity index (χ2n) is 6.79. The summed E-state index contributed by atoms with van der Waals surface area (Å²) in [6.45, 7) is 3.94. The third kappa shape index (κ3) is 4.97. The maximum absolute atomic E-state index is 12.5. The number of hydrogen-bond donors (Lipinski definition) is 2. The van der Waals surface area contributed by atoms with Crippen LogP contribution in [0.4, 0.5) is 11.5 Å². The summed E-state index contributed by atoms with van der Waals surface area (Å²) in [5, 5.41) is 12.3. The Kier molecular flexibility index (Phi) is 6.92. The van der Waals surface area contributed by atoms with E-state index in [1.165, 1.54) is 11.8 Å². The van der Waals surface area contributed by atoms with Crippen LogP contribution in [0.1, 0.15) is 23.7 Å². The van der Waals surface area contributed by atoms with Gasteiger partial charge in [-0.3, -0.25) is 4.79 Å². The Balaban J connectivity index is 1.70. The minimum Gasteiger partial charge on any atom is -0.378 e.